The second kappa shape index (κ2) is 9.60. The zero-order chi connectivity index (χ0) is 22.6. The molecule has 0 aliphatic heterocycles. The molecule has 9 heteroatoms. The van der Waals surface area contributed by atoms with Gasteiger partial charge in [0.1, 0.15) is 5.75 Å². The van der Waals surface area contributed by atoms with Crippen molar-refractivity contribution in [2.45, 2.75) is 11.4 Å². The van der Waals surface area contributed by atoms with Gasteiger partial charge in [-0.3, -0.25) is 9.10 Å². The first-order valence-electron chi connectivity index (χ1n) is 9.17. The van der Waals surface area contributed by atoms with Crippen LogP contribution in [0.15, 0.2) is 71.6 Å². The van der Waals surface area contributed by atoms with Gasteiger partial charge in [-0.2, -0.15) is 0 Å². The Labute approximate surface area is 191 Å². The normalized spacial score (nSPS) is 11.1. The number of halogens is 2. The lowest BCUT2D eigenvalue weighted by Gasteiger charge is -2.20. The number of carbonyl (C=O) groups is 1. The number of hydrogen-bond acceptors (Lipinski definition) is 4. The van der Waals surface area contributed by atoms with Crippen LogP contribution in [0.1, 0.15) is 15.9 Å². The Morgan fingerprint density at radius 3 is 2.39 bits per heavy atom. The maximum absolute atomic E-state index is 13.1. The monoisotopic (exact) mass is 478 g/mol. The number of ether oxygens (including phenoxy) is 1. The van der Waals surface area contributed by atoms with E-state index in [9.17, 15) is 13.2 Å². The third kappa shape index (κ3) is 5.31. The zero-order valence-corrected chi connectivity index (χ0v) is 19.1. The van der Waals surface area contributed by atoms with E-state index in [2.05, 4.69) is 5.32 Å². The molecule has 0 fully saturated rings. The van der Waals surface area contributed by atoms with Gasteiger partial charge >= 0.3 is 0 Å². The van der Waals surface area contributed by atoms with Crippen LogP contribution in [0.4, 0.5) is 5.69 Å². The second-order valence-electron chi connectivity index (χ2n) is 6.62. The Morgan fingerprint density at radius 1 is 1.03 bits per heavy atom. The van der Waals surface area contributed by atoms with Crippen LogP contribution in [0.3, 0.4) is 0 Å². The van der Waals surface area contributed by atoms with Crippen LogP contribution in [0.2, 0.25) is 10.0 Å². The SMILES string of the molecule is COc1ccc(N(C)S(=O)(=O)c2ccc(Cl)c(C(=O)NCc3cccc(Cl)c3)c2)cc1. The van der Waals surface area contributed by atoms with Crippen LogP contribution in [-0.2, 0) is 16.6 Å². The number of rotatable bonds is 7. The first-order chi connectivity index (χ1) is 14.7. The average molecular weight is 479 g/mol. The average Bonchev–Trinajstić information content (AvgIpc) is 2.77. The highest BCUT2D eigenvalue weighted by Crippen LogP contribution is 2.27. The number of hydrogen-bond donors (Lipinski definition) is 1. The van der Waals surface area contributed by atoms with E-state index in [1.165, 1.54) is 32.4 Å². The third-order valence-electron chi connectivity index (χ3n) is 4.62. The number of benzene rings is 3. The van der Waals surface area contributed by atoms with Crippen molar-refractivity contribution >= 4 is 44.8 Å². The van der Waals surface area contributed by atoms with Crippen molar-refractivity contribution in [1.82, 2.24) is 5.32 Å². The van der Waals surface area contributed by atoms with Gasteiger partial charge < -0.3 is 10.1 Å². The molecule has 0 aliphatic carbocycles. The number of carbonyl (C=O) groups excluding carboxylic acids is 1. The van der Waals surface area contributed by atoms with Crippen molar-refractivity contribution < 1.29 is 17.9 Å². The van der Waals surface area contributed by atoms with Gasteiger partial charge in [-0.1, -0.05) is 35.3 Å². The lowest BCUT2D eigenvalue weighted by Crippen LogP contribution is -2.27. The molecule has 0 saturated carbocycles. The number of nitrogens with zero attached hydrogens (tertiary/aromatic N) is 1. The van der Waals surface area contributed by atoms with Crippen molar-refractivity contribution in [3.05, 3.63) is 87.9 Å². The highest BCUT2D eigenvalue weighted by molar-refractivity contribution is 7.92. The van der Waals surface area contributed by atoms with E-state index in [0.717, 1.165) is 9.87 Å². The molecule has 0 bridgehead atoms. The van der Waals surface area contributed by atoms with Crippen LogP contribution in [0, 0.1) is 0 Å². The molecule has 0 unspecified atom stereocenters. The van der Waals surface area contributed by atoms with Crippen LogP contribution in [0.5, 0.6) is 5.75 Å². The van der Waals surface area contributed by atoms with E-state index in [1.807, 2.05) is 6.07 Å². The summed E-state index contributed by atoms with van der Waals surface area (Å²) in [5.74, 6) is 0.119. The predicted molar refractivity (Wildman–Crippen MR) is 123 cm³/mol. The second-order valence-corrected chi connectivity index (χ2v) is 9.44. The Balaban J connectivity index is 1.83. The van der Waals surface area contributed by atoms with Crippen molar-refractivity contribution in [2.24, 2.45) is 0 Å². The lowest BCUT2D eigenvalue weighted by atomic mass is 10.2. The summed E-state index contributed by atoms with van der Waals surface area (Å²) >= 11 is 12.1. The summed E-state index contributed by atoms with van der Waals surface area (Å²) < 4.78 is 32.4. The lowest BCUT2D eigenvalue weighted by molar-refractivity contribution is 0.0951. The molecule has 31 heavy (non-hydrogen) atoms. The summed E-state index contributed by atoms with van der Waals surface area (Å²) in [5.41, 5.74) is 1.32. The largest absolute Gasteiger partial charge is 0.497 e. The molecule has 0 radical (unpaired) electrons. The minimum Gasteiger partial charge on any atom is -0.497 e. The first-order valence-corrected chi connectivity index (χ1v) is 11.4. The first kappa shape index (κ1) is 22.9. The molecule has 0 heterocycles. The van der Waals surface area contributed by atoms with Gasteiger partial charge in [0.05, 0.1) is 28.3 Å². The van der Waals surface area contributed by atoms with Crippen molar-refractivity contribution in [3.8, 4) is 5.75 Å². The Bertz CT molecular complexity index is 1200. The molecule has 0 atom stereocenters. The summed E-state index contributed by atoms with van der Waals surface area (Å²) in [7, 11) is -0.956. The number of amides is 1. The highest BCUT2D eigenvalue weighted by Gasteiger charge is 2.24. The summed E-state index contributed by atoms with van der Waals surface area (Å²) in [6.45, 7) is 0.221. The van der Waals surface area contributed by atoms with E-state index in [4.69, 9.17) is 27.9 Å². The molecule has 3 aromatic carbocycles. The minimum atomic E-state index is -3.92. The van der Waals surface area contributed by atoms with Crippen LogP contribution in [0.25, 0.3) is 0 Å². The molecule has 0 aromatic heterocycles. The molecule has 0 aliphatic rings. The maximum atomic E-state index is 13.1. The van der Waals surface area contributed by atoms with E-state index in [1.54, 1.807) is 42.5 Å². The van der Waals surface area contributed by atoms with Crippen LogP contribution in [-0.4, -0.2) is 28.5 Å². The molecule has 0 saturated heterocycles. The Morgan fingerprint density at radius 2 is 1.74 bits per heavy atom. The van der Waals surface area contributed by atoms with Crippen LogP contribution >= 0.6 is 23.2 Å². The number of sulfonamides is 1. The van der Waals surface area contributed by atoms with Gasteiger partial charge in [0.2, 0.25) is 0 Å². The van der Waals surface area contributed by atoms with E-state index < -0.39 is 15.9 Å². The molecule has 0 spiro atoms. The number of anilines is 1. The summed E-state index contributed by atoms with van der Waals surface area (Å²) in [4.78, 5) is 12.6. The van der Waals surface area contributed by atoms with Gasteiger partial charge in [0.25, 0.3) is 15.9 Å². The standard InChI is InChI=1S/C22H20Cl2N2O4S/c1-26(17-6-8-18(30-2)9-7-17)31(28,29)19-10-11-21(24)20(13-19)22(27)25-14-15-4-3-5-16(23)12-15/h3-13H,14H2,1-2H3,(H,25,27). The Kier molecular flexibility index (Phi) is 7.10. The molecule has 1 N–H and O–H groups in total. The van der Waals surface area contributed by atoms with Crippen molar-refractivity contribution in [3.63, 3.8) is 0 Å². The van der Waals surface area contributed by atoms with E-state index >= 15 is 0 Å². The minimum absolute atomic E-state index is 0.0527. The molecule has 6 nitrogen and oxygen atoms in total. The molecular weight excluding hydrogens is 459 g/mol. The predicted octanol–water partition coefficient (Wildman–Crippen LogP) is 4.76. The molecule has 162 valence electrons. The topological polar surface area (TPSA) is 75.7 Å². The summed E-state index contributed by atoms with van der Waals surface area (Å²) in [6.07, 6.45) is 0. The van der Waals surface area contributed by atoms with Crippen molar-refractivity contribution in [1.29, 1.82) is 0 Å². The maximum Gasteiger partial charge on any atom is 0.264 e. The van der Waals surface area contributed by atoms with Crippen LogP contribution < -0.4 is 14.4 Å². The van der Waals surface area contributed by atoms with Gasteiger partial charge in [-0.15, -0.1) is 0 Å². The summed E-state index contributed by atoms with van der Waals surface area (Å²) in [6, 6.07) is 17.7. The zero-order valence-electron chi connectivity index (χ0n) is 16.8. The fourth-order valence-electron chi connectivity index (χ4n) is 2.85. The smallest absolute Gasteiger partial charge is 0.264 e. The fourth-order valence-corrected chi connectivity index (χ4v) is 4.49. The quantitative estimate of drug-likeness (QED) is 0.531. The molecule has 3 aromatic rings. The van der Waals surface area contributed by atoms with Gasteiger partial charge in [-0.25, -0.2) is 8.42 Å². The fraction of sp³-hybridized carbons (Fsp3) is 0.136. The van der Waals surface area contributed by atoms with E-state index in [0.29, 0.717) is 16.5 Å². The molecule has 1 amide bonds. The van der Waals surface area contributed by atoms with Gasteiger partial charge in [0.15, 0.2) is 0 Å². The third-order valence-corrected chi connectivity index (χ3v) is 6.97. The van der Waals surface area contributed by atoms with Gasteiger partial charge in [0, 0.05) is 18.6 Å². The number of methoxy groups -OCH3 is 1. The molecular formula is C22H20Cl2N2O4S. The number of nitrogens with one attached hydrogen (secondary N) is 1. The van der Waals surface area contributed by atoms with Crippen molar-refractivity contribution in [2.75, 3.05) is 18.5 Å². The Hall–Kier alpha value is -2.74. The van der Waals surface area contributed by atoms with Gasteiger partial charge in [-0.05, 0) is 60.2 Å². The highest BCUT2D eigenvalue weighted by atomic mass is 35.5. The molecule has 3 rings (SSSR count). The summed E-state index contributed by atoms with van der Waals surface area (Å²) in [5, 5.41) is 3.43. The van der Waals surface area contributed by atoms with E-state index in [-0.39, 0.29) is 22.0 Å².